The molecule has 0 bridgehead atoms. The lowest BCUT2D eigenvalue weighted by atomic mass is 10.2. The maximum Gasteiger partial charge on any atom is 0.416 e. The van der Waals surface area contributed by atoms with Gasteiger partial charge in [-0.1, -0.05) is 6.42 Å². The van der Waals surface area contributed by atoms with Crippen LogP contribution in [0, 0.1) is 12.5 Å². The second kappa shape index (κ2) is 8.27. The second-order valence-corrected chi connectivity index (χ2v) is 7.90. The Morgan fingerprint density at radius 3 is 2.59 bits per heavy atom. The number of nitrogens with zero attached hydrogens (tertiary/aromatic N) is 2. The summed E-state index contributed by atoms with van der Waals surface area (Å²) in [5.41, 5.74) is 0.339. The Bertz CT molecular complexity index is 823. The third kappa shape index (κ3) is 5.59. The fourth-order valence-electron chi connectivity index (χ4n) is 2.31. The normalized spacial score (nSPS) is 15.1. The van der Waals surface area contributed by atoms with Crippen molar-refractivity contribution in [3.8, 4) is 12.5 Å². The Hall–Kier alpha value is -2.79. The minimum Gasteiger partial charge on any atom is -0.477 e. The van der Waals surface area contributed by atoms with Crippen molar-refractivity contribution in [3.63, 3.8) is 0 Å². The number of allylic oxidation sites excluding steroid dienone is 1. The van der Waals surface area contributed by atoms with Crippen LogP contribution in [-0.4, -0.2) is 46.5 Å². The van der Waals surface area contributed by atoms with Crippen molar-refractivity contribution in [2.24, 2.45) is 4.99 Å². The van der Waals surface area contributed by atoms with Crippen molar-refractivity contribution in [1.29, 1.82) is 0 Å². The van der Waals surface area contributed by atoms with Crippen LogP contribution in [0.5, 0.6) is 0 Å². The SMILES string of the molecule is C#C/N=C(\C=C(/NC)N(C(=O)OC(C)(C)C)C1CC1)c1csc(C(=O)O)c1. The van der Waals surface area contributed by atoms with Crippen LogP contribution in [0.2, 0.25) is 0 Å². The average Bonchev–Trinajstić information content (AvgIpc) is 3.25. The lowest BCUT2D eigenvalue weighted by Crippen LogP contribution is -2.41. The van der Waals surface area contributed by atoms with Crippen LogP contribution in [0.4, 0.5) is 4.79 Å². The monoisotopic (exact) mass is 389 g/mol. The molecule has 1 aromatic heterocycles. The fourth-order valence-corrected chi connectivity index (χ4v) is 3.05. The van der Waals surface area contributed by atoms with Gasteiger partial charge in [-0.25, -0.2) is 9.59 Å². The van der Waals surface area contributed by atoms with Crippen LogP contribution in [-0.2, 0) is 4.74 Å². The number of thiophene rings is 1. The van der Waals surface area contributed by atoms with E-state index in [1.165, 1.54) is 6.07 Å². The summed E-state index contributed by atoms with van der Waals surface area (Å²) in [4.78, 5) is 29.6. The zero-order valence-corrected chi connectivity index (χ0v) is 16.6. The summed E-state index contributed by atoms with van der Waals surface area (Å²) in [5.74, 6) is -0.527. The number of terminal acetylenes is 1. The van der Waals surface area contributed by atoms with E-state index in [2.05, 4.69) is 16.4 Å². The number of amides is 1. The second-order valence-electron chi connectivity index (χ2n) is 6.99. The van der Waals surface area contributed by atoms with E-state index in [1.807, 2.05) is 20.8 Å². The van der Waals surface area contributed by atoms with Gasteiger partial charge in [0, 0.05) is 36.2 Å². The first-order chi connectivity index (χ1) is 12.7. The van der Waals surface area contributed by atoms with Gasteiger partial charge >= 0.3 is 12.1 Å². The molecule has 0 aliphatic heterocycles. The number of carboxylic acid groups (broad SMARTS) is 1. The number of carbonyl (C=O) groups excluding carboxylic acids is 1. The molecule has 0 aromatic carbocycles. The van der Waals surface area contributed by atoms with E-state index in [0.29, 0.717) is 17.1 Å². The number of rotatable bonds is 6. The highest BCUT2D eigenvalue weighted by atomic mass is 32.1. The lowest BCUT2D eigenvalue weighted by molar-refractivity contribution is 0.0290. The van der Waals surface area contributed by atoms with Gasteiger partial charge in [0.05, 0.1) is 5.71 Å². The van der Waals surface area contributed by atoms with Crippen molar-refractivity contribution in [1.82, 2.24) is 10.2 Å². The number of carboxylic acids is 1. The van der Waals surface area contributed by atoms with Gasteiger partial charge in [-0.05, 0) is 39.7 Å². The third-order valence-corrected chi connectivity index (χ3v) is 4.50. The quantitative estimate of drug-likeness (QED) is 0.575. The Morgan fingerprint density at radius 1 is 1.48 bits per heavy atom. The molecule has 1 aliphatic carbocycles. The topological polar surface area (TPSA) is 91.2 Å². The molecule has 1 saturated carbocycles. The maximum absolute atomic E-state index is 12.7. The Balaban J connectivity index is 2.39. The highest BCUT2D eigenvalue weighted by Gasteiger charge is 2.37. The Kier molecular flexibility index (Phi) is 6.28. The summed E-state index contributed by atoms with van der Waals surface area (Å²) in [5, 5.41) is 13.8. The molecule has 1 aliphatic rings. The third-order valence-electron chi connectivity index (χ3n) is 3.58. The summed E-state index contributed by atoms with van der Waals surface area (Å²) in [6.07, 6.45) is 8.27. The highest BCUT2D eigenvalue weighted by Crippen LogP contribution is 2.31. The van der Waals surface area contributed by atoms with E-state index in [4.69, 9.17) is 16.3 Å². The van der Waals surface area contributed by atoms with E-state index in [0.717, 1.165) is 24.2 Å². The molecular formula is C19H23N3O4S. The van der Waals surface area contributed by atoms with Crippen molar-refractivity contribution in [2.75, 3.05) is 7.05 Å². The predicted molar refractivity (Wildman–Crippen MR) is 105 cm³/mol. The highest BCUT2D eigenvalue weighted by molar-refractivity contribution is 7.12. The van der Waals surface area contributed by atoms with E-state index in [1.54, 1.807) is 23.4 Å². The molecule has 0 atom stereocenters. The molecule has 1 amide bonds. The van der Waals surface area contributed by atoms with E-state index in [-0.39, 0.29) is 10.9 Å². The first-order valence-electron chi connectivity index (χ1n) is 8.43. The zero-order chi connectivity index (χ0) is 20.2. The summed E-state index contributed by atoms with van der Waals surface area (Å²) in [6, 6.07) is 3.77. The van der Waals surface area contributed by atoms with Crippen molar-refractivity contribution in [2.45, 2.75) is 45.3 Å². The van der Waals surface area contributed by atoms with Crippen LogP contribution in [0.15, 0.2) is 28.3 Å². The van der Waals surface area contributed by atoms with E-state index < -0.39 is 17.7 Å². The molecule has 27 heavy (non-hydrogen) atoms. The lowest BCUT2D eigenvalue weighted by Gasteiger charge is -2.29. The molecular weight excluding hydrogens is 366 g/mol. The number of aliphatic imine (C=N–C) groups is 1. The van der Waals surface area contributed by atoms with Crippen molar-refractivity contribution >= 4 is 29.1 Å². The summed E-state index contributed by atoms with van der Waals surface area (Å²) in [6.45, 7) is 5.42. The molecule has 0 radical (unpaired) electrons. The molecule has 2 N–H and O–H groups in total. The van der Waals surface area contributed by atoms with Crippen LogP contribution in [0.1, 0.15) is 48.8 Å². The van der Waals surface area contributed by atoms with Crippen LogP contribution in [0.25, 0.3) is 0 Å². The first kappa shape index (κ1) is 20.5. The van der Waals surface area contributed by atoms with Gasteiger partial charge in [-0.2, -0.15) is 4.99 Å². The standard InChI is InChI=1S/C19H23N3O4S/c1-6-21-14(12-9-15(17(23)24)27-11-12)10-16(20-5)22(13-7-8-13)18(25)26-19(2,3)4/h1,9-11,13,20H,7-8H2,2-5H3,(H,23,24)/b16-10+,21-14+. The van der Waals surface area contributed by atoms with Gasteiger partial charge in [0.1, 0.15) is 16.3 Å². The number of ether oxygens (including phenoxy) is 1. The number of carbonyl (C=O) groups is 2. The summed E-state index contributed by atoms with van der Waals surface area (Å²) < 4.78 is 5.52. The van der Waals surface area contributed by atoms with Gasteiger partial charge < -0.3 is 15.2 Å². The molecule has 0 unspecified atom stereocenters. The molecule has 1 aromatic rings. The summed E-state index contributed by atoms with van der Waals surface area (Å²) >= 11 is 1.08. The smallest absolute Gasteiger partial charge is 0.416 e. The van der Waals surface area contributed by atoms with Gasteiger partial charge in [0.15, 0.2) is 0 Å². The number of hydrogen-bond acceptors (Lipinski definition) is 6. The van der Waals surface area contributed by atoms with Crippen molar-refractivity contribution in [3.05, 3.63) is 33.8 Å². The maximum atomic E-state index is 12.7. The molecule has 1 fully saturated rings. The average molecular weight is 389 g/mol. The molecule has 1 heterocycles. The predicted octanol–water partition coefficient (Wildman–Crippen LogP) is 3.29. The molecule has 2 rings (SSSR count). The fraction of sp³-hybridized carbons (Fsp3) is 0.421. The van der Waals surface area contributed by atoms with Gasteiger partial charge in [0.25, 0.3) is 0 Å². The molecule has 0 spiro atoms. The molecule has 0 saturated heterocycles. The van der Waals surface area contributed by atoms with Crippen LogP contribution < -0.4 is 5.32 Å². The largest absolute Gasteiger partial charge is 0.477 e. The first-order valence-corrected chi connectivity index (χ1v) is 9.31. The Labute approximate surface area is 162 Å². The van der Waals surface area contributed by atoms with E-state index >= 15 is 0 Å². The number of aromatic carboxylic acids is 1. The van der Waals surface area contributed by atoms with Crippen molar-refractivity contribution < 1.29 is 19.4 Å². The minimum atomic E-state index is -1.02. The minimum absolute atomic E-state index is 0.0442. The molecule has 144 valence electrons. The van der Waals surface area contributed by atoms with Gasteiger partial charge in [0.2, 0.25) is 0 Å². The molecule has 8 heteroatoms. The molecule has 7 nitrogen and oxygen atoms in total. The Morgan fingerprint density at radius 2 is 2.15 bits per heavy atom. The zero-order valence-electron chi connectivity index (χ0n) is 15.8. The van der Waals surface area contributed by atoms with Gasteiger partial charge in [-0.3, -0.25) is 4.90 Å². The number of hydrogen-bond donors (Lipinski definition) is 2. The van der Waals surface area contributed by atoms with Gasteiger partial charge in [-0.15, -0.1) is 11.3 Å². The van der Waals surface area contributed by atoms with E-state index in [9.17, 15) is 9.59 Å². The van der Waals surface area contributed by atoms with Crippen LogP contribution in [0.3, 0.4) is 0 Å². The summed E-state index contributed by atoms with van der Waals surface area (Å²) in [7, 11) is 1.69. The number of nitrogens with one attached hydrogen (secondary N) is 1. The van der Waals surface area contributed by atoms with Crippen LogP contribution >= 0.6 is 11.3 Å².